The van der Waals surface area contributed by atoms with Gasteiger partial charge in [-0.1, -0.05) is 50.6 Å². The van der Waals surface area contributed by atoms with Gasteiger partial charge in [0.25, 0.3) is 0 Å². The van der Waals surface area contributed by atoms with Gasteiger partial charge in [0, 0.05) is 6.07 Å². The highest BCUT2D eigenvalue weighted by molar-refractivity contribution is 5.96. The van der Waals surface area contributed by atoms with Gasteiger partial charge < -0.3 is 20.1 Å². The zero-order valence-electron chi connectivity index (χ0n) is 15.8. The molecule has 0 saturated carbocycles. The van der Waals surface area contributed by atoms with Crippen LogP contribution >= 0.6 is 0 Å². The number of methoxy groups -OCH3 is 1. The summed E-state index contributed by atoms with van der Waals surface area (Å²) in [7, 11) is 1.52. The second kappa shape index (κ2) is 10.2. The third-order valence-corrected chi connectivity index (χ3v) is 4.19. The van der Waals surface area contributed by atoms with E-state index in [0.717, 1.165) is 12.0 Å². The maximum Gasteiger partial charge on any atom is 0.408 e. The molecular formula is C20H25N3O4. The van der Waals surface area contributed by atoms with Gasteiger partial charge in [-0.3, -0.25) is 4.79 Å². The molecule has 0 bridgehead atoms. The number of anilines is 1. The minimum absolute atomic E-state index is 0.0690. The van der Waals surface area contributed by atoms with Gasteiger partial charge in [0.2, 0.25) is 11.8 Å². The summed E-state index contributed by atoms with van der Waals surface area (Å²) < 4.78 is 10.2. The second-order valence-corrected chi connectivity index (χ2v) is 6.15. The average Bonchev–Trinajstić information content (AvgIpc) is 2.71. The molecule has 27 heavy (non-hydrogen) atoms. The van der Waals surface area contributed by atoms with Crippen molar-refractivity contribution in [1.29, 1.82) is 0 Å². The van der Waals surface area contributed by atoms with Gasteiger partial charge in [0.05, 0.1) is 19.0 Å². The number of nitrogens with one attached hydrogen (secondary N) is 2. The number of carbonyl (C=O) groups is 2. The van der Waals surface area contributed by atoms with Gasteiger partial charge >= 0.3 is 6.09 Å². The summed E-state index contributed by atoms with van der Waals surface area (Å²) >= 11 is 0. The van der Waals surface area contributed by atoms with Crippen LogP contribution in [0.15, 0.2) is 48.7 Å². The summed E-state index contributed by atoms with van der Waals surface area (Å²) in [5.74, 6) is 0.0579. The number of alkyl carbamates (subject to hydrolysis) is 1. The molecule has 1 heterocycles. The van der Waals surface area contributed by atoms with Crippen LogP contribution in [0.1, 0.15) is 25.8 Å². The van der Waals surface area contributed by atoms with Gasteiger partial charge in [0.15, 0.2) is 0 Å². The minimum atomic E-state index is -0.722. The van der Waals surface area contributed by atoms with Crippen LogP contribution in [0.25, 0.3) is 0 Å². The van der Waals surface area contributed by atoms with Crippen molar-refractivity contribution >= 4 is 17.7 Å². The van der Waals surface area contributed by atoms with Gasteiger partial charge in [-0.2, -0.15) is 0 Å². The van der Waals surface area contributed by atoms with Gasteiger partial charge in [-0.15, -0.1) is 0 Å². The largest absolute Gasteiger partial charge is 0.481 e. The van der Waals surface area contributed by atoms with Crippen LogP contribution in [0.3, 0.4) is 0 Å². The lowest BCUT2D eigenvalue weighted by Gasteiger charge is -2.23. The van der Waals surface area contributed by atoms with Crippen molar-refractivity contribution in [1.82, 2.24) is 10.3 Å². The molecule has 2 atom stereocenters. The Morgan fingerprint density at radius 3 is 2.48 bits per heavy atom. The van der Waals surface area contributed by atoms with E-state index < -0.39 is 12.1 Å². The molecule has 0 unspecified atom stereocenters. The Hall–Kier alpha value is -3.09. The Kier molecular flexibility index (Phi) is 7.61. The summed E-state index contributed by atoms with van der Waals surface area (Å²) in [4.78, 5) is 28.8. The number of aromatic nitrogens is 1. The Labute approximate surface area is 159 Å². The highest BCUT2D eigenvalue weighted by Crippen LogP contribution is 2.14. The molecule has 2 N–H and O–H groups in total. The highest BCUT2D eigenvalue weighted by atomic mass is 16.5. The lowest BCUT2D eigenvalue weighted by molar-refractivity contribution is -0.119. The Morgan fingerprint density at radius 1 is 1.15 bits per heavy atom. The van der Waals surface area contributed by atoms with Gasteiger partial charge in [-0.05, 0) is 17.5 Å². The number of ether oxygens (including phenoxy) is 2. The van der Waals surface area contributed by atoms with Crippen molar-refractivity contribution in [3.05, 3.63) is 54.2 Å². The predicted octanol–water partition coefficient (Wildman–Crippen LogP) is 3.37. The van der Waals surface area contributed by atoms with E-state index >= 15 is 0 Å². The highest BCUT2D eigenvalue weighted by Gasteiger charge is 2.26. The lowest BCUT2D eigenvalue weighted by atomic mass is 9.98. The Morgan fingerprint density at radius 2 is 1.89 bits per heavy atom. The Balaban J connectivity index is 1.96. The number of hydrogen-bond donors (Lipinski definition) is 2. The topological polar surface area (TPSA) is 89.5 Å². The van der Waals surface area contributed by atoms with Gasteiger partial charge in [-0.25, -0.2) is 9.78 Å². The molecule has 0 saturated heterocycles. The number of hydrogen-bond acceptors (Lipinski definition) is 5. The minimum Gasteiger partial charge on any atom is -0.481 e. The van der Waals surface area contributed by atoms with E-state index in [9.17, 15) is 9.59 Å². The SMILES string of the molecule is CC[C@H](C)[C@H](NC(=O)OCc1ccccc1)C(=O)Nc1ccc(OC)nc1. The first-order valence-electron chi connectivity index (χ1n) is 8.81. The molecule has 0 radical (unpaired) electrons. The first-order valence-corrected chi connectivity index (χ1v) is 8.81. The van der Waals surface area contributed by atoms with E-state index in [1.165, 1.54) is 13.3 Å². The van der Waals surface area contributed by atoms with Crippen LogP contribution in [-0.4, -0.2) is 30.1 Å². The third kappa shape index (κ3) is 6.29. The molecule has 144 valence electrons. The number of carbonyl (C=O) groups excluding carboxylic acids is 2. The van der Waals surface area contributed by atoms with E-state index in [2.05, 4.69) is 15.6 Å². The number of amides is 2. The van der Waals surface area contributed by atoms with Crippen molar-refractivity contribution in [2.24, 2.45) is 5.92 Å². The standard InChI is InChI=1S/C20H25N3O4/c1-4-14(2)18(19(24)22-16-10-11-17(26-3)21-12-16)23-20(25)27-13-15-8-6-5-7-9-15/h5-12,14,18H,4,13H2,1-3H3,(H,22,24)(H,23,25)/t14-,18-/m0/s1. The molecule has 0 aliphatic heterocycles. The molecular weight excluding hydrogens is 346 g/mol. The number of rotatable bonds is 8. The van der Waals surface area contributed by atoms with Crippen LogP contribution in [0.4, 0.5) is 10.5 Å². The molecule has 0 fully saturated rings. The fourth-order valence-corrected chi connectivity index (χ4v) is 2.39. The molecule has 2 rings (SSSR count). The molecule has 0 aliphatic rings. The molecule has 7 heteroatoms. The first kappa shape index (κ1) is 20.2. The number of benzene rings is 1. The molecule has 0 spiro atoms. The van der Waals surface area contributed by atoms with Crippen molar-refractivity contribution < 1.29 is 19.1 Å². The zero-order valence-corrected chi connectivity index (χ0v) is 15.8. The second-order valence-electron chi connectivity index (χ2n) is 6.15. The van der Waals surface area contributed by atoms with Crippen LogP contribution in [0.2, 0.25) is 0 Å². The van der Waals surface area contributed by atoms with Crippen molar-refractivity contribution in [3.8, 4) is 5.88 Å². The zero-order chi connectivity index (χ0) is 19.6. The third-order valence-electron chi connectivity index (χ3n) is 4.19. The molecule has 1 aromatic carbocycles. The first-order chi connectivity index (χ1) is 13.0. The lowest BCUT2D eigenvalue weighted by Crippen LogP contribution is -2.47. The maximum atomic E-state index is 12.6. The molecule has 1 aromatic heterocycles. The smallest absolute Gasteiger partial charge is 0.408 e. The van der Waals surface area contributed by atoms with Crippen LogP contribution in [-0.2, 0) is 16.1 Å². The van der Waals surface area contributed by atoms with E-state index in [1.807, 2.05) is 44.2 Å². The number of pyridine rings is 1. The predicted molar refractivity (Wildman–Crippen MR) is 102 cm³/mol. The molecule has 7 nitrogen and oxygen atoms in total. The summed E-state index contributed by atoms with van der Waals surface area (Å²) in [5, 5.41) is 5.42. The van der Waals surface area contributed by atoms with E-state index in [-0.39, 0.29) is 18.4 Å². The van der Waals surface area contributed by atoms with Crippen molar-refractivity contribution in [2.45, 2.75) is 32.9 Å². The van der Waals surface area contributed by atoms with Crippen LogP contribution in [0, 0.1) is 5.92 Å². The fraction of sp³-hybridized carbons (Fsp3) is 0.350. The molecule has 2 amide bonds. The summed E-state index contributed by atoms with van der Waals surface area (Å²) in [6, 6.07) is 12.0. The van der Waals surface area contributed by atoms with Crippen LogP contribution < -0.4 is 15.4 Å². The van der Waals surface area contributed by atoms with Crippen molar-refractivity contribution in [2.75, 3.05) is 12.4 Å². The molecule has 2 aromatic rings. The quantitative estimate of drug-likeness (QED) is 0.743. The normalized spacial score (nSPS) is 12.6. The van der Waals surface area contributed by atoms with Gasteiger partial charge in [0.1, 0.15) is 12.6 Å². The monoisotopic (exact) mass is 371 g/mol. The summed E-state index contributed by atoms with van der Waals surface area (Å²) in [5.41, 5.74) is 1.40. The maximum absolute atomic E-state index is 12.6. The summed E-state index contributed by atoms with van der Waals surface area (Å²) in [6.45, 7) is 3.99. The van der Waals surface area contributed by atoms with Crippen molar-refractivity contribution in [3.63, 3.8) is 0 Å². The fourth-order valence-electron chi connectivity index (χ4n) is 2.39. The van der Waals surface area contributed by atoms with E-state index in [0.29, 0.717) is 11.6 Å². The molecule has 0 aliphatic carbocycles. The van der Waals surface area contributed by atoms with E-state index in [4.69, 9.17) is 9.47 Å². The summed E-state index contributed by atoms with van der Waals surface area (Å²) in [6.07, 6.45) is 1.59. The van der Waals surface area contributed by atoms with Crippen LogP contribution in [0.5, 0.6) is 5.88 Å². The number of nitrogens with zero attached hydrogens (tertiary/aromatic N) is 1. The average molecular weight is 371 g/mol. The Bertz CT molecular complexity index is 735. The van der Waals surface area contributed by atoms with E-state index in [1.54, 1.807) is 12.1 Å².